The highest BCUT2D eigenvalue weighted by molar-refractivity contribution is 5.73. The molecule has 17 N–H and O–H groups in total. The number of ether oxygens (including phenoxy) is 13. The van der Waals surface area contributed by atoms with Gasteiger partial charge in [0.2, 0.25) is 0 Å². The van der Waals surface area contributed by atoms with Gasteiger partial charge in [-0.25, -0.2) is 4.79 Å². The number of aliphatic carboxylic acids is 1. The van der Waals surface area contributed by atoms with E-state index in [0.29, 0.717) is 25.8 Å². The number of hydrogen-bond donors (Lipinski definition) is 16. The third-order valence-corrected chi connectivity index (χ3v) is 13.3. The van der Waals surface area contributed by atoms with Crippen LogP contribution in [-0.4, -0.2) is 293 Å². The number of aliphatic hydroxyl groups is 14. The fourth-order valence-corrected chi connectivity index (χ4v) is 8.95. The predicted molar refractivity (Wildman–Crippen MR) is 215 cm³/mol. The molecular weight excluding hydrogens is 958 g/mol. The summed E-state index contributed by atoms with van der Waals surface area (Å²) < 4.78 is 75.2. The van der Waals surface area contributed by atoms with Gasteiger partial charge >= 0.3 is 5.97 Å². The summed E-state index contributed by atoms with van der Waals surface area (Å²) in [6.07, 6.45) is -50.2. The molecule has 7 heterocycles. The van der Waals surface area contributed by atoms with Crippen molar-refractivity contribution in [2.24, 2.45) is 5.73 Å². The number of fused-ring (bicyclic) bond motifs is 1. The summed E-state index contributed by atoms with van der Waals surface area (Å²) in [4.78, 5) is 11.7. The van der Waals surface area contributed by atoms with Crippen LogP contribution >= 0.6 is 0 Å². The van der Waals surface area contributed by atoms with Gasteiger partial charge in [-0.1, -0.05) is 0 Å². The minimum atomic E-state index is -2.14. The van der Waals surface area contributed by atoms with Crippen LogP contribution in [0.2, 0.25) is 0 Å². The molecule has 70 heavy (non-hydrogen) atoms. The first-order chi connectivity index (χ1) is 33.2. The third-order valence-electron chi connectivity index (χ3n) is 13.3. The predicted octanol–water partition coefficient (Wildman–Crippen LogP) is -9.80. The molecule has 0 aromatic carbocycles. The van der Waals surface area contributed by atoms with E-state index >= 15 is 0 Å². The SMILES string of the molecule is CC1O[C@@H](OCCCCCN)C(O)C(O[C@@H]2OC3O[C@@H]3C(O[C@@H]3OC(CO)[C@@H](O[C@H]4OC(C)[C@H](O)C(O)[C@@H]4O)C(O)C3O)[C@@H]2O[C@H]2OC(CO[C@H]3OC(C(=O)O)[C@@H](O)C(O)C3O)[C@@H](O)C(O)C2O)[C@H]1O. The molecule has 30 heteroatoms. The molecule has 0 amide bonds. The smallest absolute Gasteiger partial charge is 0.335 e. The van der Waals surface area contributed by atoms with E-state index in [1.807, 2.05) is 0 Å². The van der Waals surface area contributed by atoms with E-state index in [2.05, 4.69) is 0 Å². The number of rotatable bonds is 19. The summed E-state index contributed by atoms with van der Waals surface area (Å²) in [7, 11) is 0. The Labute approximate surface area is 398 Å². The van der Waals surface area contributed by atoms with Crippen molar-refractivity contribution in [2.75, 3.05) is 26.4 Å². The zero-order valence-electron chi connectivity index (χ0n) is 37.8. The number of unbranched alkanes of at least 4 members (excludes halogenated alkanes) is 2. The summed E-state index contributed by atoms with van der Waals surface area (Å²) in [6, 6.07) is 0. The van der Waals surface area contributed by atoms with Crippen LogP contribution in [0.4, 0.5) is 0 Å². The second kappa shape index (κ2) is 23.9. The van der Waals surface area contributed by atoms with Gasteiger partial charge in [0.05, 0.1) is 25.4 Å². The summed E-state index contributed by atoms with van der Waals surface area (Å²) in [5.41, 5.74) is 5.58. The standard InChI is InChI=1S/C40H67NO29/c1-10-14(43)17(46)23(52)36(61-10)64-27-12(8-42)62-38(25(54)21(27)50)67-30-31(39(70-40-32(30)69-40)65-28-15(44)11(2)60-35(26(28)55)58-7-5-3-4-6-41)68-37-24(53)18(47)16(45)13(63-37)9-59-34-22(51)19(48)20(49)29(66-34)33(56)57/h10-32,34-40,42-55H,3-9,41H2,1-2H3,(H,56,57)/t10?,11?,12?,13?,14-,15-,16+,17?,18?,19?,20-,21?,22?,23-,24?,25?,26?,27+,28?,29?,30?,31-,32+,34-,35+,36+,37+,38-,39+,40?/m0/s1. The van der Waals surface area contributed by atoms with E-state index in [1.165, 1.54) is 13.8 Å². The maximum Gasteiger partial charge on any atom is 0.335 e. The van der Waals surface area contributed by atoms with Crippen LogP contribution < -0.4 is 5.73 Å². The fourth-order valence-electron chi connectivity index (χ4n) is 8.95. The summed E-state index contributed by atoms with van der Waals surface area (Å²) in [5.74, 6) is -1.72. The van der Waals surface area contributed by atoms with Crippen molar-refractivity contribution in [2.45, 2.75) is 218 Å². The summed E-state index contributed by atoms with van der Waals surface area (Å²) in [5, 5.41) is 161. The Balaban J connectivity index is 1.13. The van der Waals surface area contributed by atoms with E-state index < -0.39 is 204 Å². The second-order valence-corrected chi connectivity index (χ2v) is 18.3. The van der Waals surface area contributed by atoms with E-state index in [-0.39, 0.29) is 6.61 Å². The lowest BCUT2D eigenvalue weighted by atomic mass is 9.96. The molecule has 0 aliphatic carbocycles. The lowest BCUT2D eigenvalue weighted by molar-refractivity contribution is -0.391. The molecule has 0 aromatic heterocycles. The molecule has 7 rings (SSSR count). The van der Waals surface area contributed by atoms with E-state index in [1.54, 1.807) is 0 Å². The Morgan fingerprint density at radius 2 is 0.986 bits per heavy atom. The Bertz CT molecular complexity index is 1660. The molecule has 7 fully saturated rings. The number of hydrogen-bond acceptors (Lipinski definition) is 29. The van der Waals surface area contributed by atoms with Crippen LogP contribution in [0.25, 0.3) is 0 Å². The molecule has 7 saturated heterocycles. The highest BCUT2D eigenvalue weighted by Crippen LogP contribution is 2.43. The molecule has 406 valence electrons. The van der Waals surface area contributed by atoms with Gasteiger partial charge in [0.1, 0.15) is 122 Å². The number of carboxylic acids is 1. The van der Waals surface area contributed by atoms with E-state index in [4.69, 9.17) is 67.3 Å². The third kappa shape index (κ3) is 11.9. The van der Waals surface area contributed by atoms with E-state index in [0.717, 1.165) is 0 Å². The normalized spacial score (nSPS) is 52.0. The maximum absolute atomic E-state index is 11.7. The van der Waals surface area contributed by atoms with Crippen molar-refractivity contribution in [1.82, 2.24) is 0 Å². The molecule has 0 bridgehead atoms. The average molecular weight is 1030 g/mol. The van der Waals surface area contributed by atoms with Gasteiger partial charge in [-0.15, -0.1) is 0 Å². The van der Waals surface area contributed by atoms with Crippen LogP contribution in [0.3, 0.4) is 0 Å². The molecule has 30 nitrogen and oxygen atoms in total. The highest BCUT2D eigenvalue weighted by Gasteiger charge is 2.63. The van der Waals surface area contributed by atoms with Crippen molar-refractivity contribution in [1.29, 1.82) is 0 Å². The maximum atomic E-state index is 11.7. The van der Waals surface area contributed by atoms with E-state index in [9.17, 15) is 81.4 Å². The molecule has 16 unspecified atom stereocenters. The molecular formula is C40H67NO29. The number of epoxide rings is 1. The van der Waals surface area contributed by atoms with Crippen molar-refractivity contribution >= 4 is 5.97 Å². The van der Waals surface area contributed by atoms with Crippen LogP contribution in [0.1, 0.15) is 33.1 Å². The van der Waals surface area contributed by atoms with Crippen molar-refractivity contribution in [3.05, 3.63) is 0 Å². The van der Waals surface area contributed by atoms with Crippen molar-refractivity contribution in [3.8, 4) is 0 Å². The number of nitrogens with two attached hydrogens (primary N) is 1. The van der Waals surface area contributed by atoms with Gasteiger partial charge in [0.25, 0.3) is 0 Å². The summed E-state index contributed by atoms with van der Waals surface area (Å²) in [6.45, 7) is 1.63. The Morgan fingerprint density at radius 3 is 1.64 bits per heavy atom. The highest BCUT2D eigenvalue weighted by atomic mass is 16.9. The quantitative estimate of drug-likeness (QED) is 0.0422. The lowest BCUT2D eigenvalue weighted by Gasteiger charge is -2.48. The molecule has 7 aliphatic heterocycles. The van der Waals surface area contributed by atoms with Crippen LogP contribution in [-0.2, 0) is 66.4 Å². The molecule has 30 atom stereocenters. The number of carboxylic acid groups (broad SMARTS) is 1. The minimum absolute atomic E-state index is 0.121. The first kappa shape index (κ1) is 56.1. The van der Waals surface area contributed by atoms with Gasteiger partial charge in [-0.2, -0.15) is 0 Å². The molecule has 7 aliphatic rings. The van der Waals surface area contributed by atoms with Crippen molar-refractivity contribution < 1.29 is 143 Å². The van der Waals surface area contributed by atoms with Gasteiger partial charge in [-0.05, 0) is 39.7 Å². The van der Waals surface area contributed by atoms with Gasteiger partial charge in [0, 0.05) is 6.61 Å². The van der Waals surface area contributed by atoms with Crippen LogP contribution in [0.15, 0.2) is 0 Å². The first-order valence-electron chi connectivity index (χ1n) is 23.0. The molecule has 0 aromatic rings. The topological polar surface area (TPSA) is 470 Å². The number of aliphatic hydroxyl groups excluding tert-OH is 14. The largest absolute Gasteiger partial charge is 0.479 e. The average Bonchev–Trinajstić information content (AvgIpc) is 4.12. The van der Waals surface area contributed by atoms with Gasteiger partial charge in [-0.3, -0.25) is 0 Å². The van der Waals surface area contributed by atoms with Crippen LogP contribution in [0, 0.1) is 0 Å². The molecule has 0 spiro atoms. The first-order valence-corrected chi connectivity index (χ1v) is 23.0. The zero-order valence-corrected chi connectivity index (χ0v) is 37.8. The molecule has 0 radical (unpaired) electrons. The Morgan fingerprint density at radius 1 is 0.457 bits per heavy atom. The molecule has 0 saturated carbocycles. The lowest BCUT2D eigenvalue weighted by Crippen LogP contribution is -2.66. The Hall–Kier alpha value is -1.65. The number of carbonyl (C=O) groups is 1. The van der Waals surface area contributed by atoms with Crippen LogP contribution in [0.5, 0.6) is 0 Å². The van der Waals surface area contributed by atoms with Gasteiger partial charge < -0.3 is 144 Å². The monoisotopic (exact) mass is 1030 g/mol. The second-order valence-electron chi connectivity index (χ2n) is 18.3. The minimum Gasteiger partial charge on any atom is -0.479 e. The summed E-state index contributed by atoms with van der Waals surface area (Å²) >= 11 is 0. The van der Waals surface area contributed by atoms with Gasteiger partial charge in [0.15, 0.2) is 50.1 Å². The van der Waals surface area contributed by atoms with Crippen molar-refractivity contribution in [3.63, 3.8) is 0 Å². The fraction of sp³-hybridized carbons (Fsp3) is 0.975. The zero-order chi connectivity index (χ0) is 51.0. The Kier molecular flexibility index (Phi) is 19.2.